The van der Waals surface area contributed by atoms with Gasteiger partial charge in [-0.15, -0.1) is 0 Å². The van der Waals surface area contributed by atoms with Crippen molar-refractivity contribution in [2.75, 3.05) is 6.61 Å². The van der Waals surface area contributed by atoms with Crippen LogP contribution in [-0.2, 0) is 14.3 Å². The van der Waals surface area contributed by atoms with Gasteiger partial charge in [-0.1, -0.05) is 0 Å². The molecule has 4 nitrogen and oxygen atoms in total. The lowest BCUT2D eigenvalue weighted by Crippen LogP contribution is -2.12. The van der Waals surface area contributed by atoms with E-state index in [0.29, 0.717) is 0 Å². The fourth-order valence-corrected chi connectivity index (χ4v) is 0.462. The smallest absolute Gasteiger partial charge is 0.373 e. The molecule has 0 saturated carbocycles. The Morgan fingerprint density at radius 3 is 2.46 bits per heavy atom. The SMILES string of the molecule is CCOC(=O)C(O)=CC(=O)C(F)F. The van der Waals surface area contributed by atoms with Crippen LogP contribution in [0.4, 0.5) is 8.78 Å². The number of alkyl halides is 2. The molecule has 0 amide bonds. The predicted octanol–water partition coefficient (Wildman–Crippen LogP) is 0.826. The van der Waals surface area contributed by atoms with Gasteiger partial charge in [-0.25, -0.2) is 13.6 Å². The highest BCUT2D eigenvalue weighted by Crippen LogP contribution is 2.00. The molecule has 74 valence electrons. The monoisotopic (exact) mass is 194 g/mol. The summed E-state index contributed by atoms with van der Waals surface area (Å²) in [4.78, 5) is 20.8. The predicted molar refractivity (Wildman–Crippen MR) is 38.4 cm³/mol. The van der Waals surface area contributed by atoms with Crippen LogP contribution in [0.2, 0.25) is 0 Å². The van der Waals surface area contributed by atoms with Gasteiger partial charge in [0.05, 0.1) is 6.61 Å². The maximum atomic E-state index is 11.6. The summed E-state index contributed by atoms with van der Waals surface area (Å²) >= 11 is 0. The van der Waals surface area contributed by atoms with Crippen LogP contribution in [0, 0.1) is 0 Å². The molecule has 0 aliphatic rings. The number of ketones is 1. The number of hydrogen-bond donors (Lipinski definition) is 1. The minimum Gasteiger partial charge on any atom is -0.502 e. The molecule has 0 radical (unpaired) electrons. The van der Waals surface area contributed by atoms with Crippen molar-refractivity contribution < 1.29 is 28.2 Å². The zero-order valence-corrected chi connectivity index (χ0v) is 6.79. The van der Waals surface area contributed by atoms with Crippen molar-refractivity contribution in [3.8, 4) is 0 Å². The Morgan fingerprint density at radius 1 is 1.54 bits per heavy atom. The van der Waals surface area contributed by atoms with E-state index in [1.807, 2.05) is 0 Å². The van der Waals surface area contributed by atoms with Crippen molar-refractivity contribution in [2.24, 2.45) is 0 Å². The first kappa shape index (κ1) is 11.5. The molecule has 0 aliphatic carbocycles. The van der Waals surface area contributed by atoms with Gasteiger partial charge in [0, 0.05) is 6.08 Å². The number of aliphatic hydroxyl groups excluding tert-OH is 1. The van der Waals surface area contributed by atoms with Gasteiger partial charge in [-0.05, 0) is 6.92 Å². The fraction of sp³-hybridized carbons (Fsp3) is 0.429. The van der Waals surface area contributed by atoms with Crippen LogP contribution >= 0.6 is 0 Å². The molecule has 0 atom stereocenters. The van der Waals surface area contributed by atoms with Crippen molar-refractivity contribution in [3.63, 3.8) is 0 Å². The lowest BCUT2D eigenvalue weighted by molar-refractivity contribution is -0.142. The molecule has 0 aromatic heterocycles. The van der Waals surface area contributed by atoms with Crippen LogP contribution in [-0.4, -0.2) is 29.9 Å². The quantitative estimate of drug-likeness (QED) is 0.409. The highest BCUT2D eigenvalue weighted by Gasteiger charge is 2.17. The lowest BCUT2D eigenvalue weighted by atomic mass is 10.3. The topological polar surface area (TPSA) is 63.6 Å². The average Bonchev–Trinajstić information content (AvgIpc) is 2.04. The van der Waals surface area contributed by atoms with Gasteiger partial charge < -0.3 is 9.84 Å². The normalized spacial score (nSPS) is 11.5. The summed E-state index contributed by atoms with van der Waals surface area (Å²) in [5.74, 6) is -3.95. The van der Waals surface area contributed by atoms with Crippen LogP contribution in [0.15, 0.2) is 11.8 Å². The standard InChI is InChI=1S/C7H8F2O4/c1-2-13-7(12)5(11)3-4(10)6(8)9/h3,6,11H,2H2,1H3. The minimum atomic E-state index is -3.24. The van der Waals surface area contributed by atoms with Gasteiger partial charge in [0.1, 0.15) is 0 Å². The molecule has 0 aromatic carbocycles. The third-order valence-electron chi connectivity index (χ3n) is 0.979. The molecule has 13 heavy (non-hydrogen) atoms. The van der Waals surface area contributed by atoms with Gasteiger partial charge in [-0.3, -0.25) is 4.79 Å². The molecule has 0 rings (SSSR count). The molecular formula is C7H8F2O4. The van der Waals surface area contributed by atoms with Crippen LogP contribution in [0.1, 0.15) is 6.92 Å². The molecule has 0 saturated heterocycles. The third kappa shape index (κ3) is 4.19. The molecule has 0 fully saturated rings. The van der Waals surface area contributed by atoms with E-state index in [0.717, 1.165) is 0 Å². The molecule has 0 aliphatic heterocycles. The van der Waals surface area contributed by atoms with Gasteiger partial charge >= 0.3 is 5.97 Å². The second kappa shape index (κ2) is 5.23. The van der Waals surface area contributed by atoms with E-state index in [2.05, 4.69) is 4.74 Å². The number of carbonyl (C=O) groups is 2. The Hall–Kier alpha value is -1.46. The molecular weight excluding hydrogens is 186 g/mol. The second-order valence-corrected chi connectivity index (χ2v) is 1.95. The Balaban J connectivity index is 4.31. The van der Waals surface area contributed by atoms with E-state index in [-0.39, 0.29) is 12.7 Å². The molecule has 6 heteroatoms. The van der Waals surface area contributed by atoms with Crippen molar-refractivity contribution in [1.29, 1.82) is 0 Å². The highest BCUT2D eigenvalue weighted by molar-refractivity contribution is 5.99. The first-order chi connectivity index (χ1) is 5.99. The summed E-state index contributed by atoms with van der Waals surface area (Å²) in [5.41, 5.74) is 0. The van der Waals surface area contributed by atoms with Crippen LogP contribution < -0.4 is 0 Å². The number of carbonyl (C=O) groups excluding carboxylic acids is 2. The first-order valence-electron chi connectivity index (χ1n) is 3.38. The summed E-state index contributed by atoms with van der Waals surface area (Å²) in [5, 5.41) is 8.70. The number of esters is 1. The van der Waals surface area contributed by atoms with Gasteiger partial charge in [0.2, 0.25) is 11.5 Å². The molecule has 0 bridgehead atoms. The molecule has 0 spiro atoms. The maximum Gasteiger partial charge on any atom is 0.373 e. The Labute approximate surface area is 72.8 Å². The zero-order valence-electron chi connectivity index (χ0n) is 6.79. The Morgan fingerprint density at radius 2 is 2.08 bits per heavy atom. The van der Waals surface area contributed by atoms with E-state index in [4.69, 9.17) is 5.11 Å². The number of hydrogen-bond acceptors (Lipinski definition) is 4. The zero-order chi connectivity index (χ0) is 10.4. The number of allylic oxidation sites excluding steroid dienone is 1. The molecule has 1 N–H and O–H groups in total. The van der Waals surface area contributed by atoms with Crippen molar-refractivity contribution >= 4 is 11.8 Å². The summed E-state index contributed by atoms with van der Waals surface area (Å²) in [6.45, 7) is 1.46. The molecule has 0 heterocycles. The van der Waals surface area contributed by atoms with E-state index in [9.17, 15) is 18.4 Å². The fourth-order valence-electron chi connectivity index (χ4n) is 0.462. The summed E-state index contributed by atoms with van der Waals surface area (Å²) in [6, 6.07) is 0. The second-order valence-electron chi connectivity index (χ2n) is 1.95. The van der Waals surface area contributed by atoms with Gasteiger partial charge in [0.25, 0.3) is 6.43 Å². The Kier molecular flexibility index (Phi) is 4.64. The lowest BCUT2D eigenvalue weighted by Gasteiger charge is -1.99. The molecule has 0 aromatic rings. The number of rotatable bonds is 4. The number of ether oxygens (including phenoxy) is 1. The third-order valence-corrected chi connectivity index (χ3v) is 0.979. The number of halogens is 2. The van der Waals surface area contributed by atoms with E-state index in [1.165, 1.54) is 6.92 Å². The summed E-state index contributed by atoms with van der Waals surface area (Å²) in [6.07, 6.45) is -3.10. The van der Waals surface area contributed by atoms with Crippen molar-refractivity contribution in [3.05, 3.63) is 11.8 Å². The largest absolute Gasteiger partial charge is 0.502 e. The van der Waals surface area contributed by atoms with Crippen molar-refractivity contribution in [1.82, 2.24) is 0 Å². The summed E-state index contributed by atoms with van der Waals surface area (Å²) < 4.78 is 27.4. The van der Waals surface area contributed by atoms with Crippen molar-refractivity contribution in [2.45, 2.75) is 13.3 Å². The maximum absolute atomic E-state index is 11.6. The molecule has 0 unspecified atom stereocenters. The van der Waals surface area contributed by atoms with Crippen LogP contribution in [0.25, 0.3) is 0 Å². The van der Waals surface area contributed by atoms with Crippen LogP contribution in [0.5, 0.6) is 0 Å². The van der Waals surface area contributed by atoms with E-state index >= 15 is 0 Å². The minimum absolute atomic E-state index is 0.0143. The Bertz CT molecular complexity index is 235. The van der Waals surface area contributed by atoms with Gasteiger partial charge in [0.15, 0.2) is 0 Å². The summed E-state index contributed by atoms with van der Waals surface area (Å²) in [7, 11) is 0. The number of aliphatic hydroxyl groups is 1. The van der Waals surface area contributed by atoms with Gasteiger partial charge in [-0.2, -0.15) is 0 Å². The van der Waals surface area contributed by atoms with E-state index < -0.39 is 23.9 Å². The average molecular weight is 194 g/mol. The van der Waals surface area contributed by atoms with E-state index in [1.54, 1.807) is 0 Å². The first-order valence-corrected chi connectivity index (χ1v) is 3.38. The van der Waals surface area contributed by atoms with Crippen LogP contribution in [0.3, 0.4) is 0 Å². The highest BCUT2D eigenvalue weighted by atomic mass is 19.3.